The molecule has 1 aliphatic heterocycles. The molecule has 1 amide bonds. The first-order valence-electron chi connectivity index (χ1n) is 5.96. The van der Waals surface area contributed by atoms with Crippen molar-refractivity contribution in [2.45, 2.75) is 40.0 Å². The predicted molar refractivity (Wildman–Crippen MR) is 62.8 cm³/mol. The van der Waals surface area contributed by atoms with Crippen LogP contribution < -0.4 is 5.32 Å². The zero-order valence-electron chi connectivity index (χ0n) is 10.3. The van der Waals surface area contributed by atoms with Crippen LogP contribution in [0.4, 0.5) is 0 Å². The molecule has 1 heterocycles. The summed E-state index contributed by atoms with van der Waals surface area (Å²) in [5.74, 6) is 0.173. The maximum atomic E-state index is 11.6. The van der Waals surface area contributed by atoms with Crippen LogP contribution in [-0.4, -0.2) is 37.0 Å². The number of rotatable bonds is 3. The van der Waals surface area contributed by atoms with E-state index in [1.54, 1.807) is 0 Å². The summed E-state index contributed by atoms with van der Waals surface area (Å²) in [6, 6.07) is 0. The molecule has 0 aromatic carbocycles. The highest BCUT2D eigenvalue weighted by Gasteiger charge is 2.15. The molecule has 1 N–H and O–H groups in total. The fraction of sp³-hybridized carbons (Fsp3) is 0.917. The highest BCUT2D eigenvalue weighted by molar-refractivity contribution is 5.78. The summed E-state index contributed by atoms with van der Waals surface area (Å²) >= 11 is 0. The highest BCUT2D eigenvalue weighted by atomic mass is 16.2. The van der Waals surface area contributed by atoms with E-state index in [4.69, 9.17) is 0 Å². The van der Waals surface area contributed by atoms with Gasteiger partial charge in [0.05, 0.1) is 6.54 Å². The molecule has 0 unspecified atom stereocenters. The van der Waals surface area contributed by atoms with Crippen molar-refractivity contribution in [3.63, 3.8) is 0 Å². The van der Waals surface area contributed by atoms with Crippen LogP contribution in [-0.2, 0) is 4.79 Å². The molecular formula is C12H24N2O. The average Bonchev–Trinajstić information content (AvgIpc) is 2.15. The Hall–Kier alpha value is -0.570. The first-order valence-corrected chi connectivity index (χ1v) is 5.96. The molecule has 88 valence electrons. The molecule has 1 rings (SSSR count). The fourth-order valence-corrected chi connectivity index (χ4v) is 1.74. The Morgan fingerprint density at radius 3 is 2.33 bits per heavy atom. The lowest BCUT2D eigenvalue weighted by Crippen LogP contribution is -2.42. The van der Waals surface area contributed by atoms with Crippen LogP contribution in [0.5, 0.6) is 0 Å². The zero-order chi connectivity index (χ0) is 11.3. The van der Waals surface area contributed by atoms with Crippen LogP contribution in [0, 0.1) is 5.41 Å². The van der Waals surface area contributed by atoms with Crippen LogP contribution in [0.15, 0.2) is 0 Å². The molecule has 0 radical (unpaired) electrons. The van der Waals surface area contributed by atoms with Crippen molar-refractivity contribution >= 4 is 5.91 Å². The van der Waals surface area contributed by atoms with Gasteiger partial charge in [-0.1, -0.05) is 27.2 Å². The fourth-order valence-electron chi connectivity index (χ4n) is 1.74. The quantitative estimate of drug-likeness (QED) is 0.771. The number of nitrogens with one attached hydrogen (secondary N) is 1. The van der Waals surface area contributed by atoms with Crippen LogP contribution in [0.1, 0.15) is 40.0 Å². The minimum absolute atomic E-state index is 0.173. The number of nitrogens with zero attached hydrogens (tertiary/aromatic N) is 1. The van der Waals surface area contributed by atoms with Gasteiger partial charge in [-0.15, -0.1) is 0 Å². The number of amides is 1. The molecule has 0 aromatic rings. The third-order valence-corrected chi connectivity index (χ3v) is 2.63. The molecule has 1 fully saturated rings. The minimum atomic E-state index is 0.173. The number of hydrogen-bond donors (Lipinski definition) is 1. The Balaban J connectivity index is 2.17. The summed E-state index contributed by atoms with van der Waals surface area (Å²) in [6.07, 6.45) is 3.80. The first-order chi connectivity index (χ1) is 6.97. The van der Waals surface area contributed by atoms with E-state index < -0.39 is 0 Å². The van der Waals surface area contributed by atoms with Gasteiger partial charge in [0.1, 0.15) is 0 Å². The van der Waals surface area contributed by atoms with Gasteiger partial charge in [0.25, 0.3) is 0 Å². The van der Waals surface area contributed by atoms with E-state index in [1.165, 1.54) is 19.3 Å². The molecule has 0 aromatic heterocycles. The van der Waals surface area contributed by atoms with Crippen molar-refractivity contribution < 1.29 is 4.79 Å². The van der Waals surface area contributed by atoms with Gasteiger partial charge in [0.15, 0.2) is 0 Å². The van der Waals surface area contributed by atoms with Crippen LogP contribution in [0.25, 0.3) is 0 Å². The molecule has 1 aliphatic rings. The largest absolute Gasteiger partial charge is 0.354 e. The summed E-state index contributed by atoms with van der Waals surface area (Å²) < 4.78 is 0. The molecule has 1 saturated heterocycles. The molecule has 0 atom stereocenters. The molecule has 0 spiro atoms. The minimum Gasteiger partial charge on any atom is -0.354 e. The summed E-state index contributed by atoms with van der Waals surface area (Å²) in [7, 11) is 0. The monoisotopic (exact) mass is 212 g/mol. The number of piperidine rings is 1. The van der Waals surface area contributed by atoms with E-state index >= 15 is 0 Å². The van der Waals surface area contributed by atoms with Crippen molar-refractivity contribution in [2.75, 3.05) is 26.2 Å². The standard InChI is InChI=1S/C12H24N2O/c1-12(2,3)10-13-11(15)9-14-7-5-4-6-8-14/h4-10H2,1-3H3,(H,13,15). The molecule has 15 heavy (non-hydrogen) atoms. The number of carbonyl (C=O) groups is 1. The van der Waals surface area contributed by atoms with Gasteiger partial charge < -0.3 is 5.32 Å². The third-order valence-electron chi connectivity index (χ3n) is 2.63. The van der Waals surface area contributed by atoms with E-state index in [2.05, 4.69) is 31.0 Å². The first kappa shape index (κ1) is 12.5. The van der Waals surface area contributed by atoms with E-state index in [0.29, 0.717) is 6.54 Å². The molecular weight excluding hydrogens is 188 g/mol. The third kappa shape index (κ3) is 5.78. The Morgan fingerprint density at radius 1 is 1.20 bits per heavy atom. The second-order valence-corrected chi connectivity index (χ2v) is 5.67. The van der Waals surface area contributed by atoms with Gasteiger partial charge in [0, 0.05) is 6.54 Å². The van der Waals surface area contributed by atoms with Crippen molar-refractivity contribution in [3.05, 3.63) is 0 Å². The zero-order valence-corrected chi connectivity index (χ0v) is 10.3. The van der Waals surface area contributed by atoms with Crippen molar-refractivity contribution in [1.29, 1.82) is 0 Å². The molecule has 0 saturated carbocycles. The molecule has 3 heteroatoms. The molecule has 0 bridgehead atoms. The lowest BCUT2D eigenvalue weighted by Gasteiger charge is -2.26. The van der Waals surface area contributed by atoms with E-state index in [1.807, 2.05) is 0 Å². The summed E-state index contributed by atoms with van der Waals surface area (Å²) in [5, 5.41) is 2.99. The van der Waals surface area contributed by atoms with E-state index in [-0.39, 0.29) is 11.3 Å². The summed E-state index contributed by atoms with van der Waals surface area (Å²) in [5.41, 5.74) is 0.178. The maximum Gasteiger partial charge on any atom is 0.234 e. The van der Waals surface area contributed by atoms with Gasteiger partial charge in [0.2, 0.25) is 5.91 Å². The topological polar surface area (TPSA) is 32.3 Å². The maximum absolute atomic E-state index is 11.6. The van der Waals surface area contributed by atoms with Crippen molar-refractivity contribution in [1.82, 2.24) is 10.2 Å². The Labute approximate surface area is 93.2 Å². The summed E-state index contributed by atoms with van der Waals surface area (Å²) in [6.45, 7) is 9.91. The number of likely N-dealkylation sites (tertiary alicyclic amines) is 1. The lowest BCUT2D eigenvalue weighted by atomic mass is 9.97. The van der Waals surface area contributed by atoms with Gasteiger partial charge >= 0.3 is 0 Å². The van der Waals surface area contributed by atoms with E-state index in [9.17, 15) is 4.79 Å². The van der Waals surface area contributed by atoms with Gasteiger partial charge in [-0.2, -0.15) is 0 Å². The molecule has 3 nitrogen and oxygen atoms in total. The molecule has 0 aliphatic carbocycles. The number of carbonyl (C=O) groups excluding carboxylic acids is 1. The normalized spacial score (nSPS) is 18.9. The predicted octanol–water partition coefficient (Wildman–Crippen LogP) is 1.63. The number of hydrogen-bond acceptors (Lipinski definition) is 2. The van der Waals surface area contributed by atoms with Gasteiger partial charge in [-0.25, -0.2) is 0 Å². The smallest absolute Gasteiger partial charge is 0.234 e. The van der Waals surface area contributed by atoms with Crippen LogP contribution in [0.3, 0.4) is 0 Å². The Bertz CT molecular complexity index is 202. The van der Waals surface area contributed by atoms with Crippen LogP contribution in [0.2, 0.25) is 0 Å². The van der Waals surface area contributed by atoms with Crippen molar-refractivity contribution in [3.8, 4) is 0 Å². The average molecular weight is 212 g/mol. The van der Waals surface area contributed by atoms with Crippen molar-refractivity contribution in [2.24, 2.45) is 5.41 Å². The SMILES string of the molecule is CC(C)(C)CNC(=O)CN1CCCCC1. The Morgan fingerprint density at radius 2 is 1.80 bits per heavy atom. The highest BCUT2D eigenvalue weighted by Crippen LogP contribution is 2.11. The Kier molecular flexibility index (Phi) is 4.58. The van der Waals surface area contributed by atoms with Crippen LogP contribution >= 0.6 is 0 Å². The van der Waals surface area contributed by atoms with Gasteiger partial charge in [-0.05, 0) is 31.3 Å². The second-order valence-electron chi connectivity index (χ2n) is 5.67. The summed E-state index contributed by atoms with van der Waals surface area (Å²) in [4.78, 5) is 13.9. The van der Waals surface area contributed by atoms with E-state index in [0.717, 1.165) is 19.6 Å². The van der Waals surface area contributed by atoms with Gasteiger partial charge in [-0.3, -0.25) is 9.69 Å². The second kappa shape index (κ2) is 5.50. The lowest BCUT2D eigenvalue weighted by molar-refractivity contribution is -0.122.